The van der Waals surface area contributed by atoms with Gasteiger partial charge in [0.25, 0.3) is 0 Å². The van der Waals surface area contributed by atoms with Crippen LogP contribution in [-0.2, 0) is 11.3 Å². The summed E-state index contributed by atoms with van der Waals surface area (Å²) in [6.07, 6.45) is 1.32. The van der Waals surface area contributed by atoms with Gasteiger partial charge in [0.2, 0.25) is 0 Å². The number of thiophene rings is 1. The van der Waals surface area contributed by atoms with Gasteiger partial charge in [-0.1, -0.05) is 13.8 Å². The average Bonchev–Trinajstić information content (AvgIpc) is 2.70. The van der Waals surface area contributed by atoms with Crippen LogP contribution in [0.15, 0.2) is 6.07 Å². The Hall–Kier alpha value is -0.910. The van der Waals surface area contributed by atoms with Crippen LogP contribution in [0, 0.1) is 12.3 Å². The quantitative estimate of drug-likeness (QED) is 0.872. The van der Waals surface area contributed by atoms with E-state index >= 15 is 0 Å². The number of ether oxygens (including phenoxy) is 1. The molecule has 1 aromatic heterocycles. The molecule has 1 aromatic rings. The summed E-state index contributed by atoms with van der Waals surface area (Å²) in [5, 5.41) is 12.5. The van der Waals surface area contributed by atoms with Crippen molar-refractivity contribution >= 4 is 17.3 Å². The van der Waals surface area contributed by atoms with Crippen molar-refractivity contribution < 1.29 is 14.6 Å². The molecular weight excluding hydrogens is 262 g/mol. The van der Waals surface area contributed by atoms with E-state index in [2.05, 4.69) is 19.2 Å². The van der Waals surface area contributed by atoms with Gasteiger partial charge in [0.1, 0.15) is 4.88 Å². The van der Waals surface area contributed by atoms with Crippen molar-refractivity contribution in [3.8, 4) is 0 Å². The molecule has 0 aliphatic heterocycles. The van der Waals surface area contributed by atoms with Gasteiger partial charge in [-0.15, -0.1) is 11.3 Å². The largest absolute Gasteiger partial charge is 0.477 e. The van der Waals surface area contributed by atoms with Gasteiger partial charge in [-0.2, -0.15) is 0 Å². The smallest absolute Gasteiger partial charge is 0.345 e. The summed E-state index contributed by atoms with van der Waals surface area (Å²) in [6.45, 7) is 7.09. The average molecular weight is 283 g/mol. The number of hydrogen-bond donors (Lipinski definition) is 2. The monoisotopic (exact) mass is 283 g/mol. The number of aromatic carboxylic acids is 1. The highest BCUT2D eigenvalue weighted by Crippen LogP contribution is 2.42. The van der Waals surface area contributed by atoms with Crippen LogP contribution in [0.5, 0.6) is 0 Å². The van der Waals surface area contributed by atoms with E-state index < -0.39 is 5.97 Å². The van der Waals surface area contributed by atoms with E-state index in [9.17, 15) is 4.79 Å². The minimum absolute atomic E-state index is 0.133. The van der Waals surface area contributed by atoms with Gasteiger partial charge in [-0.05, 0) is 25.0 Å². The van der Waals surface area contributed by atoms with Crippen LogP contribution < -0.4 is 5.32 Å². The van der Waals surface area contributed by atoms with Crippen molar-refractivity contribution in [2.24, 2.45) is 5.41 Å². The van der Waals surface area contributed by atoms with Gasteiger partial charge in [-0.25, -0.2) is 4.79 Å². The zero-order valence-electron chi connectivity index (χ0n) is 11.8. The zero-order chi connectivity index (χ0) is 14.2. The van der Waals surface area contributed by atoms with Gasteiger partial charge in [0, 0.05) is 30.0 Å². The summed E-state index contributed by atoms with van der Waals surface area (Å²) in [7, 11) is 1.75. The molecule has 4 nitrogen and oxygen atoms in total. The predicted molar refractivity (Wildman–Crippen MR) is 75.8 cm³/mol. The maximum atomic E-state index is 10.9. The first-order chi connectivity index (χ1) is 8.86. The van der Waals surface area contributed by atoms with Crippen molar-refractivity contribution in [3.63, 3.8) is 0 Å². The Kier molecular flexibility index (Phi) is 3.99. The number of rotatable bonds is 5. The van der Waals surface area contributed by atoms with Gasteiger partial charge >= 0.3 is 5.97 Å². The maximum Gasteiger partial charge on any atom is 0.345 e. The second-order valence-electron chi connectivity index (χ2n) is 5.71. The summed E-state index contributed by atoms with van der Waals surface area (Å²) in [5.41, 5.74) is 1.22. The number of carboxylic acids is 1. The lowest BCUT2D eigenvalue weighted by molar-refractivity contribution is -0.0979. The molecule has 1 fully saturated rings. The van der Waals surface area contributed by atoms with E-state index in [0.29, 0.717) is 17.0 Å². The van der Waals surface area contributed by atoms with Gasteiger partial charge in [-0.3, -0.25) is 0 Å². The lowest BCUT2D eigenvalue weighted by atomic mass is 9.64. The third kappa shape index (κ3) is 2.68. The first-order valence-corrected chi connectivity index (χ1v) is 7.26. The van der Waals surface area contributed by atoms with Crippen molar-refractivity contribution in [1.82, 2.24) is 5.32 Å². The van der Waals surface area contributed by atoms with Crippen LogP contribution in [0.2, 0.25) is 0 Å². The molecule has 0 saturated heterocycles. The van der Waals surface area contributed by atoms with Crippen LogP contribution in [0.25, 0.3) is 0 Å². The second-order valence-corrected chi connectivity index (χ2v) is 6.97. The Labute approximate surface area is 117 Å². The molecule has 5 heteroatoms. The van der Waals surface area contributed by atoms with Gasteiger partial charge in [0.05, 0.1) is 6.10 Å². The number of carbonyl (C=O) groups is 1. The lowest BCUT2D eigenvalue weighted by Gasteiger charge is -2.51. The molecule has 0 spiro atoms. The van der Waals surface area contributed by atoms with Crippen molar-refractivity contribution in [3.05, 3.63) is 21.4 Å². The molecule has 106 valence electrons. The molecule has 0 radical (unpaired) electrons. The van der Waals surface area contributed by atoms with E-state index in [-0.39, 0.29) is 5.41 Å². The zero-order valence-corrected chi connectivity index (χ0v) is 12.6. The normalized spacial score (nSPS) is 25.1. The summed E-state index contributed by atoms with van der Waals surface area (Å²) >= 11 is 1.34. The SMILES string of the molecule is COC1CC(NCc2cc(C(=O)O)sc2C)C1(C)C. The molecule has 1 heterocycles. The third-order valence-corrected chi connectivity index (χ3v) is 5.31. The third-order valence-electron chi connectivity index (χ3n) is 4.23. The van der Waals surface area contributed by atoms with Crippen LogP contribution in [0.3, 0.4) is 0 Å². The highest BCUT2D eigenvalue weighted by Gasteiger charge is 2.48. The molecule has 0 aromatic carbocycles. The van der Waals surface area contributed by atoms with E-state index in [4.69, 9.17) is 9.84 Å². The molecule has 1 aliphatic carbocycles. The standard InChI is InChI=1S/C14H21NO3S/c1-8-9(5-10(19-8)13(16)17)7-15-11-6-12(18-4)14(11,2)3/h5,11-12,15H,6-7H2,1-4H3,(H,16,17). The number of carboxylic acid groups (broad SMARTS) is 1. The van der Waals surface area contributed by atoms with Gasteiger partial charge in [0.15, 0.2) is 0 Å². The number of methoxy groups -OCH3 is 1. The molecule has 2 rings (SSSR count). The molecule has 19 heavy (non-hydrogen) atoms. The molecule has 0 bridgehead atoms. The first-order valence-electron chi connectivity index (χ1n) is 6.45. The molecule has 2 unspecified atom stereocenters. The second kappa shape index (κ2) is 5.23. The number of hydrogen-bond acceptors (Lipinski definition) is 4. The van der Waals surface area contributed by atoms with Crippen LogP contribution in [-0.4, -0.2) is 30.3 Å². The Morgan fingerprint density at radius 2 is 2.32 bits per heavy atom. The minimum Gasteiger partial charge on any atom is -0.477 e. The summed E-state index contributed by atoms with van der Waals surface area (Å²) in [6, 6.07) is 2.19. The molecule has 0 amide bonds. The molecule has 1 saturated carbocycles. The Balaban J connectivity index is 1.95. The van der Waals surface area contributed by atoms with E-state index in [1.54, 1.807) is 13.2 Å². The Morgan fingerprint density at radius 1 is 1.63 bits per heavy atom. The summed E-state index contributed by atoms with van der Waals surface area (Å²) < 4.78 is 5.43. The topological polar surface area (TPSA) is 58.6 Å². The number of nitrogens with one attached hydrogen (secondary N) is 1. The van der Waals surface area contributed by atoms with Crippen molar-refractivity contribution in [1.29, 1.82) is 0 Å². The highest BCUT2D eigenvalue weighted by molar-refractivity contribution is 7.14. The predicted octanol–water partition coefficient (Wildman–Crippen LogP) is 2.66. The van der Waals surface area contributed by atoms with E-state index in [1.165, 1.54) is 11.3 Å². The van der Waals surface area contributed by atoms with Crippen LogP contribution >= 0.6 is 11.3 Å². The fourth-order valence-corrected chi connectivity index (χ4v) is 3.55. The summed E-state index contributed by atoms with van der Waals surface area (Å²) in [4.78, 5) is 12.4. The van der Waals surface area contributed by atoms with Crippen LogP contribution in [0.4, 0.5) is 0 Å². The fraction of sp³-hybridized carbons (Fsp3) is 0.643. The van der Waals surface area contributed by atoms with Crippen LogP contribution in [0.1, 0.15) is 40.4 Å². The van der Waals surface area contributed by atoms with Crippen molar-refractivity contribution in [2.75, 3.05) is 7.11 Å². The Morgan fingerprint density at radius 3 is 2.79 bits per heavy atom. The maximum absolute atomic E-state index is 10.9. The number of aryl methyl sites for hydroxylation is 1. The van der Waals surface area contributed by atoms with E-state index in [1.807, 2.05) is 6.92 Å². The highest BCUT2D eigenvalue weighted by atomic mass is 32.1. The molecule has 1 aliphatic rings. The fourth-order valence-electron chi connectivity index (χ4n) is 2.67. The van der Waals surface area contributed by atoms with Crippen molar-refractivity contribution in [2.45, 2.75) is 45.9 Å². The Bertz CT molecular complexity index is 481. The summed E-state index contributed by atoms with van der Waals surface area (Å²) in [5.74, 6) is -0.845. The van der Waals surface area contributed by atoms with E-state index in [0.717, 1.165) is 23.4 Å². The minimum atomic E-state index is -0.845. The molecule has 2 N–H and O–H groups in total. The molecule has 2 atom stereocenters. The first kappa shape index (κ1) is 14.5. The lowest BCUT2D eigenvalue weighted by Crippen LogP contribution is -2.60. The molecular formula is C14H21NO3S. The van der Waals surface area contributed by atoms with Gasteiger partial charge < -0.3 is 15.2 Å².